The van der Waals surface area contributed by atoms with Crippen LogP contribution in [0.25, 0.3) is 5.57 Å². The second-order valence-electron chi connectivity index (χ2n) is 4.94. The van der Waals surface area contributed by atoms with E-state index in [9.17, 15) is 0 Å². The third kappa shape index (κ3) is 1.92. The van der Waals surface area contributed by atoms with Crippen molar-refractivity contribution in [2.45, 2.75) is 12.8 Å². The first-order chi connectivity index (χ1) is 8.79. The van der Waals surface area contributed by atoms with Gasteiger partial charge in [-0.2, -0.15) is 5.26 Å². The van der Waals surface area contributed by atoms with E-state index in [4.69, 9.17) is 16.9 Å². The van der Waals surface area contributed by atoms with Gasteiger partial charge < -0.3 is 5.32 Å². The molecule has 0 saturated carbocycles. The van der Waals surface area contributed by atoms with Crippen molar-refractivity contribution in [3.63, 3.8) is 0 Å². The van der Waals surface area contributed by atoms with Gasteiger partial charge in [0.25, 0.3) is 0 Å². The Kier molecular flexibility index (Phi) is 3.07. The lowest BCUT2D eigenvalue weighted by Gasteiger charge is -2.26. The number of hydrogen-bond acceptors (Lipinski definition) is 3. The molecule has 3 rings (SSSR count). The number of aromatic nitrogens is 1. The molecule has 2 atom stereocenters. The summed E-state index contributed by atoms with van der Waals surface area (Å²) < 4.78 is 0. The Bertz CT molecular complexity index is 544. The highest BCUT2D eigenvalue weighted by atomic mass is 35.5. The molecule has 1 aromatic rings. The minimum absolute atomic E-state index is 0.291. The highest BCUT2D eigenvalue weighted by Gasteiger charge is 2.32. The molecule has 18 heavy (non-hydrogen) atoms. The summed E-state index contributed by atoms with van der Waals surface area (Å²) in [6.07, 6.45) is 6.45. The first-order valence-corrected chi connectivity index (χ1v) is 6.64. The summed E-state index contributed by atoms with van der Waals surface area (Å²) in [7, 11) is 0. The summed E-state index contributed by atoms with van der Waals surface area (Å²) in [5, 5.41) is 12.8. The molecule has 0 aromatic carbocycles. The molecule has 0 spiro atoms. The molecule has 2 heterocycles. The van der Waals surface area contributed by atoms with E-state index in [1.54, 1.807) is 6.20 Å². The van der Waals surface area contributed by atoms with Crippen molar-refractivity contribution in [3.8, 4) is 6.07 Å². The van der Waals surface area contributed by atoms with Crippen molar-refractivity contribution >= 4 is 17.2 Å². The molecule has 1 aliphatic carbocycles. The van der Waals surface area contributed by atoms with Gasteiger partial charge in [-0.15, -0.1) is 0 Å². The Labute approximate surface area is 111 Å². The van der Waals surface area contributed by atoms with Crippen molar-refractivity contribution in [3.05, 3.63) is 34.6 Å². The fourth-order valence-corrected chi connectivity index (χ4v) is 3.17. The molecule has 0 amide bonds. The highest BCUT2D eigenvalue weighted by Crippen LogP contribution is 2.38. The van der Waals surface area contributed by atoms with E-state index >= 15 is 0 Å². The molecular formula is C14H14ClN3. The average Bonchev–Trinajstić information content (AvgIpc) is 2.87. The standard InChI is InChI=1S/C14H14ClN3/c15-14-10(5-16)4-11(7-18-14)12-3-1-2-9-6-17-8-13(9)12/h3-4,7,9,13,17H,1-2,6,8H2/t9-,13+/m0/s1. The van der Waals surface area contributed by atoms with E-state index in [1.165, 1.54) is 12.0 Å². The van der Waals surface area contributed by atoms with Gasteiger partial charge in [0.2, 0.25) is 0 Å². The van der Waals surface area contributed by atoms with Crippen LogP contribution in [0, 0.1) is 23.2 Å². The zero-order chi connectivity index (χ0) is 12.5. The lowest BCUT2D eigenvalue weighted by atomic mass is 9.78. The van der Waals surface area contributed by atoms with Crippen LogP contribution in [0.3, 0.4) is 0 Å². The fourth-order valence-electron chi connectivity index (χ4n) is 3.02. The number of pyridine rings is 1. The maximum atomic E-state index is 9.02. The van der Waals surface area contributed by atoms with E-state index < -0.39 is 0 Å². The number of fused-ring (bicyclic) bond motifs is 1. The molecule has 1 fully saturated rings. The second kappa shape index (κ2) is 4.72. The number of nitrogens with zero attached hydrogens (tertiary/aromatic N) is 2. The number of allylic oxidation sites excluding steroid dienone is 1. The van der Waals surface area contributed by atoms with Crippen LogP contribution in [0.5, 0.6) is 0 Å². The number of nitrogens with one attached hydrogen (secondary N) is 1. The van der Waals surface area contributed by atoms with Crippen LogP contribution in [-0.4, -0.2) is 18.1 Å². The normalized spacial score (nSPS) is 26.3. The minimum Gasteiger partial charge on any atom is -0.316 e. The number of nitriles is 1. The molecule has 1 aliphatic heterocycles. The third-order valence-corrected chi connectivity index (χ3v) is 4.24. The quantitative estimate of drug-likeness (QED) is 0.789. The topological polar surface area (TPSA) is 48.7 Å². The van der Waals surface area contributed by atoms with Gasteiger partial charge in [-0.1, -0.05) is 17.7 Å². The van der Waals surface area contributed by atoms with Gasteiger partial charge in [-0.05, 0) is 42.5 Å². The molecule has 4 heteroatoms. The fraction of sp³-hybridized carbons (Fsp3) is 0.429. The van der Waals surface area contributed by atoms with E-state index in [-0.39, 0.29) is 0 Å². The minimum atomic E-state index is 0.291. The maximum Gasteiger partial charge on any atom is 0.146 e. The third-order valence-electron chi connectivity index (χ3n) is 3.93. The summed E-state index contributed by atoms with van der Waals surface area (Å²) in [5.41, 5.74) is 2.84. The van der Waals surface area contributed by atoms with Crippen LogP contribution in [0.2, 0.25) is 5.15 Å². The Hall–Kier alpha value is -1.37. The Balaban J connectivity index is 1.99. The molecule has 1 saturated heterocycles. The monoisotopic (exact) mass is 259 g/mol. The highest BCUT2D eigenvalue weighted by molar-refractivity contribution is 6.30. The van der Waals surface area contributed by atoms with E-state index in [2.05, 4.69) is 22.4 Å². The Morgan fingerprint density at radius 1 is 1.44 bits per heavy atom. The summed E-state index contributed by atoms with van der Waals surface area (Å²) in [5.74, 6) is 1.29. The van der Waals surface area contributed by atoms with Crippen molar-refractivity contribution in [1.82, 2.24) is 10.3 Å². The molecular weight excluding hydrogens is 246 g/mol. The van der Waals surface area contributed by atoms with Crippen molar-refractivity contribution < 1.29 is 0 Å². The zero-order valence-corrected chi connectivity index (χ0v) is 10.7. The predicted octanol–water partition coefficient (Wildman–Crippen LogP) is 2.62. The van der Waals surface area contributed by atoms with Crippen molar-refractivity contribution in [2.24, 2.45) is 11.8 Å². The molecule has 1 N–H and O–H groups in total. The molecule has 2 aliphatic rings. The predicted molar refractivity (Wildman–Crippen MR) is 71.0 cm³/mol. The van der Waals surface area contributed by atoms with Crippen LogP contribution in [-0.2, 0) is 0 Å². The second-order valence-corrected chi connectivity index (χ2v) is 5.29. The molecule has 0 bridgehead atoms. The van der Waals surface area contributed by atoms with Crippen LogP contribution in [0.1, 0.15) is 24.0 Å². The van der Waals surface area contributed by atoms with Crippen molar-refractivity contribution in [2.75, 3.05) is 13.1 Å². The lowest BCUT2D eigenvalue weighted by molar-refractivity contribution is 0.454. The summed E-state index contributed by atoms with van der Waals surface area (Å²) >= 11 is 5.88. The van der Waals surface area contributed by atoms with E-state index in [1.807, 2.05) is 6.07 Å². The molecule has 0 radical (unpaired) electrons. The maximum absolute atomic E-state index is 9.02. The number of hydrogen-bond donors (Lipinski definition) is 1. The number of rotatable bonds is 1. The van der Waals surface area contributed by atoms with E-state index in [0.717, 1.165) is 31.0 Å². The van der Waals surface area contributed by atoms with Gasteiger partial charge in [0.05, 0.1) is 5.56 Å². The lowest BCUT2D eigenvalue weighted by Crippen LogP contribution is -2.18. The molecule has 0 unspecified atom stereocenters. The van der Waals surface area contributed by atoms with Gasteiger partial charge in [-0.3, -0.25) is 0 Å². The summed E-state index contributed by atoms with van der Waals surface area (Å²) in [4.78, 5) is 4.12. The number of halogens is 1. The van der Waals surface area contributed by atoms with E-state index in [0.29, 0.717) is 16.6 Å². The van der Waals surface area contributed by atoms with Crippen LogP contribution >= 0.6 is 11.6 Å². The summed E-state index contributed by atoms with van der Waals surface area (Å²) in [6, 6.07) is 3.96. The Morgan fingerprint density at radius 2 is 2.33 bits per heavy atom. The SMILES string of the molecule is N#Cc1cc(C2=CCC[C@H]3CNC[C@@H]23)cnc1Cl. The smallest absolute Gasteiger partial charge is 0.146 e. The van der Waals surface area contributed by atoms with Gasteiger partial charge in [0.1, 0.15) is 11.2 Å². The molecule has 3 nitrogen and oxygen atoms in total. The zero-order valence-electron chi connectivity index (χ0n) is 9.99. The first kappa shape index (κ1) is 11.7. The van der Waals surface area contributed by atoms with Crippen molar-refractivity contribution in [1.29, 1.82) is 5.26 Å². The summed E-state index contributed by atoms with van der Waals surface area (Å²) in [6.45, 7) is 2.13. The Morgan fingerprint density at radius 3 is 3.17 bits per heavy atom. The largest absolute Gasteiger partial charge is 0.316 e. The molecule has 1 aromatic heterocycles. The average molecular weight is 260 g/mol. The van der Waals surface area contributed by atoms with Gasteiger partial charge >= 0.3 is 0 Å². The first-order valence-electron chi connectivity index (χ1n) is 6.26. The van der Waals surface area contributed by atoms with Gasteiger partial charge in [0, 0.05) is 18.7 Å². The van der Waals surface area contributed by atoms with Gasteiger partial charge in [-0.25, -0.2) is 4.98 Å². The van der Waals surface area contributed by atoms with Gasteiger partial charge in [0.15, 0.2) is 0 Å². The van der Waals surface area contributed by atoms with Crippen LogP contribution in [0.15, 0.2) is 18.3 Å². The van der Waals surface area contributed by atoms with Crippen LogP contribution < -0.4 is 5.32 Å². The van der Waals surface area contributed by atoms with Crippen LogP contribution in [0.4, 0.5) is 0 Å². The molecule has 92 valence electrons.